The molecule has 0 atom stereocenters. The summed E-state index contributed by atoms with van der Waals surface area (Å²) in [7, 11) is 0. The number of amides is 1. The third kappa shape index (κ3) is 6.30. The molecule has 18 heavy (non-hydrogen) atoms. The second kappa shape index (κ2) is 7.04. The minimum absolute atomic E-state index is 0.0227. The van der Waals surface area contributed by atoms with Crippen molar-refractivity contribution in [2.75, 3.05) is 52.4 Å². The highest BCUT2D eigenvalue weighted by atomic mass is 16.3. The molecule has 1 heterocycles. The fourth-order valence-corrected chi connectivity index (χ4v) is 2.11. The zero-order valence-corrected chi connectivity index (χ0v) is 11.4. The fraction of sp³-hybridized carbons (Fsp3) is 0.917. The number of hydrogen-bond acceptors (Lipinski definition) is 5. The van der Waals surface area contributed by atoms with Gasteiger partial charge in [0, 0.05) is 39.3 Å². The van der Waals surface area contributed by atoms with E-state index in [4.69, 9.17) is 5.11 Å². The van der Waals surface area contributed by atoms with Crippen molar-refractivity contribution >= 4 is 5.91 Å². The normalized spacial score (nSPS) is 18.9. The van der Waals surface area contributed by atoms with Crippen LogP contribution in [0.15, 0.2) is 0 Å². The van der Waals surface area contributed by atoms with Gasteiger partial charge in [-0.15, -0.1) is 0 Å². The number of nitrogens with one attached hydrogen (secondary N) is 1. The van der Waals surface area contributed by atoms with E-state index in [2.05, 4.69) is 15.1 Å². The van der Waals surface area contributed by atoms with Crippen LogP contribution in [-0.2, 0) is 4.79 Å². The Morgan fingerprint density at radius 3 is 2.28 bits per heavy atom. The molecule has 1 aliphatic rings. The SMILES string of the molecule is CC(C)(O)CN1CCN(CC(=O)NCCO)CC1. The minimum Gasteiger partial charge on any atom is -0.395 e. The Labute approximate surface area is 109 Å². The molecule has 6 heteroatoms. The third-order valence-electron chi connectivity index (χ3n) is 2.88. The molecule has 0 saturated carbocycles. The zero-order valence-electron chi connectivity index (χ0n) is 11.4. The van der Waals surface area contributed by atoms with Gasteiger partial charge in [0.15, 0.2) is 0 Å². The summed E-state index contributed by atoms with van der Waals surface area (Å²) in [6.45, 7) is 8.37. The minimum atomic E-state index is -0.666. The number of hydrogen-bond donors (Lipinski definition) is 3. The van der Waals surface area contributed by atoms with Gasteiger partial charge in [0.2, 0.25) is 5.91 Å². The van der Waals surface area contributed by atoms with Crippen LogP contribution in [0.3, 0.4) is 0 Å². The Morgan fingerprint density at radius 2 is 1.78 bits per heavy atom. The second-order valence-electron chi connectivity index (χ2n) is 5.44. The largest absolute Gasteiger partial charge is 0.395 e. The van der Waals surface area contributed by atoms with Crippen LogP contribution >= 0.6 is 0 Å². The summed E-state index contributed by atoms with van der Waals surface area (Å²) < 4.78 is 0. The maximum atomic E-state index is 11.5. The molecule has 0 bridgehead atoms. The van der Waals surface area contributed by atoms with Crippen LogP contribution in [0.5, 0.6) is 0 Å². The molecule has 1 saturated heterocycles. The van der Waals surface area contributed by atoms with Gasteiger partial charge in [-0.2, -0.15) is 0 Å². The van der Waals surface area contributed by atoms with Gasteiger partial charge in [-0.3, -0.25) is 14.6 Å². The molecule has 3 N–H and O–H groups in total. The number of piperazine rings is 1. The van der Waals surface area contributed by atoms with Gasteiger partial charge in [0.05, 0.1) is 18.8 Å². The molecule has 1 fully saturated rings. The highest BCUT2D eigenvalue weighted by Gasteiger charge is 2.23. The summed E-state index contributed by atoms with van der Waals surface area (Å²) in [5.41, 5.74) is -0.666. The van der Waals surface area contributed by atoms with Crippen LogP contribution in [0, 0.1) is 0 Å². The molecule has 0 radical (unpaired) electrons. The van der Waals surface area contributed by atoms with E-state index in [1.807, 2.05) is 13.8 Å². The molecule has 1 aliphatic heterocycles. The highest BCUT2D eigenvalue weighted by Crippen LogP contribution is 2.08. The summed E-state index contributed by atoms with van der Waals surface area (Å²) in [6, 6.07) is 0. The zero-order chi connectivity index (χ0) is 13.6. The van der Waals surface area contributed by atoms with E-state index in [1.54, 1.807) is 0 Å². The lowest BCUT2D eigenvalue weighted by atomic mass is 10.1. The summed E-state index contributed by atoms with van der Waals surface area (Å²) in [4.78, 5) is 15.8. The number of β-amino-alcohol motifs (C(OH)–C–C–N with tert-alkyl or cyclic N) is 1. The van der Waals surface area contributed by atoms with E-state index in [9.17, 15) is 9.90 Å². The average molecular weight is 259 g/mol. The number of rotatable bonds is 6. The Bertz CT molecular complexity index is 258. The molecule has 0 spiro atoms. The van der Waals surface area contributed by atoms with Crippen molar-refractivity contribution in [3.63, 3.8) is 0 Å². The molecule has 0 aromatic rings. The smallest absolute Gasteiger partial charge is 0.234 e. The van der Waals surface area contributed by atoms with E-state index in [0.29, 0.717) is 19.6 Å². The molecule has 0 aliphatic carbocycles. The molecule has 0 unspecified atom stereocenters. The Hall–Kier alpha value is -0.690. The van der Waals surface area contributed by atoms with E-state index >= 15 is 0 Å². The van der Waals surface area contributed by atoms with E-state index in [-0.39, 0.29) is 12.5 Å². The van der Waals surface area contributed by atoms with Crippen molar-refractivity contribution in [2.45, 2.75) is 19.4 Å². The van der Waals surface area contributed by atoms with Crippen molar-refractivity contribution in [3.8, 4) is 0 Å². The van der Waals surface area contributed by atoms with Gasteiger partial charge >= 0.3 is 0 Å². The van der Waals surface area contributed by atoms with Crippen LogP contribution < -0.4 is 5.32 Å². The summed E-state index contributed by atoms with van der Waals surface area (Å²) >= 11 is 0. The van der Waals surface area contributed by atoms with Crippen molar-refractivity contribution < 1.29 is 15.0 Å². The van der Waals surface area contributed by atoms with Crippen molar-refractivity contribution in [1.82, 2.24) is 15.1 Å². The molecule has 6 nitrogen and oxygen atoms in total. The number of aliphatic hydroxyl groups is 2. The number of aliphatic hydroxyl groups excluding tert-OH is 1. The van der Waals surface area contributed by atoms with Gasteiger partial charge in [0.1, 0.15) is 0 Å². The Kier molecular flexibility index (Phi) is 6.01. The maximum Gasteiger partial charge on any atom is 0.234 e. The van der Waals surface area contributed by atoms with Gasteiger partial charge in [-0.05, 0) is 13.8 Å². The Morgan fingerprint density at radius 1 is 1.22 bits per heavy atom. The predicted molar refractivity (Wildman–Crippen MR) is 69.3 cm³/mol. The topological polar surface area (TPSA) is 76.0 Å². The molecule has 106 valence electrons. The van der Waals surface area contributed by atoms with E-state index in [1.165, 1.54) is 0 Å². The van der Waals surface area contributed by atoms with Crippen LogP contribution in [0.25, 0.3) is 0 Å². The van der Waals surface area contributed by atoms with Crippen LogP contribution in [0.2, 0.25) is 0 Å². The number of nitrogens with zero attached hydrogens (tertiary/aromatic N) is 2. The first-order chi connectivity index (χ1) is 8.40. The van der Waals surface area contributed by atoms with Gasteiger partial charge in [-0.25, -0.2) is 0 Å². The van der Waals surface area contributed by atoms with Crippen molar-refractivity contribution in [2.24, 2.45) is 0 Å². The van der Waals surface area contributed by atoms with E-state index < -0.39 is 5.60 Å². The fourth-order valence-electron chi connectivity index (χ4n) is 2.11. The first kappa shape index (κ1) is 15.4. The van der Waals surface area contributed by atoms with Gasteiger partial charge in [0.25, 0.3) is 0 Å². The number of carbonyl (C=O) groups is 1. The van der Waals surface area contributed by atoms with Crippen molar-refractivity contribution in [3.05, 3.63) is 0 Å². The molecular weight excluding hydrogens is 234 g/mol. The lowest BCUT2D eigenvalue weighted by Crippen LogP contribution is -2.52. The van der Waals surface area contributed by atoms with Gasteiger partial charge < -0.3 is 15.5 Å². The summed E-state index contributed by atoms with van der Waals surface area (Å²) in [6.07, 6.45) is 0. The average Bonchev–Trinajstić information content (AvgIpc) is 2.27. The summed E-state index contributed by atoms with van der Waals surface area (Å²) in [5, 5.41) is 21.0. The van der Waals surface area contributed by atoms with Crippen molar-refractivity contribution in [1.29, 1.82) is 0 Å². The summed E-state index contributed by atoms with van der Waals surface area (Å²) in [5.74, 6) is -0.0417. The third-order valence-corrected chi connectivity index (χ3v) is 2.88. The molecule has 1 amide bonds. The first-order valence-electron chi connectivity index (χ1n) is 6.45. The van der Waals surface area contributed by atoms with Crippen LogP contribution in [-0.4, -0.2) is 83.9 Å². The maximum absolute atomic E-state index is 11.5. The lowest BCUT2D eigenvalue weighted by Gasteiger charge is -2.36. The quantitative estimate of drug-likeness (QED) is 0.540. The molecule has 0 aromatic carbocycles. The molecule has 0 aromatic heterocycles. The van der Waals surface area contributed by atoms with E-state index in [0.717, 1.165) is 26.2 Å². The molecular formula is C12H25N3O3. The van der Waals surface area contributed by atoms with Gasteiger partial charge in [-0.1, -0.05) is 0 Å². The highest BCUT2D eigenvalue weighted by molar-refractivity contribution is 5.77. The number of carbonyl (C=O) groups excluding carboxylic acids is 1. The lowest BCUT2D eigenvalue weighted by molar-refractivity contribution is -0.123. The Balaban J connectivity index is 2.21. The van der Waals surface area contributed by atoms with Crippen LogP contribution in [0.1, 0.15) is 13.8 Å². The predicted octanol–water partition coefficient (Wildman–Crippen LogP) is -1.52. The second-order valence-corrected chi connectivity index (χ2v) is 5.44. The molecule has 1 rings (SSSR count). The first-order valence-corrected chi connectivity index (χ1v) is 6.45. The monoisotopic (exact) mass is 259 g/mol. The standard InChI is InChI=1S/C12H25N3O3/c1-12(2,18)10-15-6-4-14(5-7-15)9-11(17)13-3-8-16/h16,18H,3-10H2,1-2H3,(H,13,17). The van der Waals surface area contributed by atoms with Crippen LogP contribution in [0.4, 0.5) is 0 Å².